The summed E-state index contributed by atoms with van der Waals surface area (Å²) < 4.78 is 0. The molecule has 0 unspecified atom stereocenters. The van der Waals surface area contributed by atoms with Gasteiger partial charge in [-0.15, -0.1) is 0 Å². The van der Waals surface area contributed by atoms with Crippen LogP contribution in [0.4, 0.5) is 0 Å². The Morgan fingerprint density at radius 2 is 2.13 bits per heavy atom. The van der Waals surface area contributed by atoms with Crippen molar-refractivity contribution in [3.05, 3.63) is 11.6 Å². The zero-order chi connectivity index (χ0) is 11.1. The minimum Gasteiger partial charge on any atom is -0.389 e. The Morgan fingerprint density at radius 3 is 2.73 bits per heavy atom. The fourth-order valence-corrected chi connectivity index (χ4v) is 2.01. The van der Waals surface area contributed by atoms with Crippen LogP contribution in [0.3, 0.4) is 0 Å². The molecule has 1 aliphatic carbocycles. The molecule has 0 heterocycles. The summed E-state index contributed by atoms with van der Waals surface area (Å²) in [5.74, 6) is 0.239. The lowest BCUT2D eigenvalue weighted by Gasteiger charge is -2.06. The molecule has 0 aromatic rings. The maximum atomic E-state index is 11.3. The van der Waals surface area contributed by atoms with Gasteiger partial charge in [0.15, 0.2) is 5.78 Å². The summed E-state index contributed by atoms with van der Waals surface area (Å²) in [4.78, 5) is 11.3. The first-order valence-corrected chi connectivity index (χ1v) is 6.16. The maximum absolute atomic E-state index is 11.3. The minimum absolute atomic E-state index is 0.239. The molecule has 15 heavy (non-hydrogen) atoms. The van der Waals surface area contributed by atoms with Gasteiger partial charge in [-0.05, 0) is 30.9 Å². The molecule has 2 nitrogen and oxygen atoms in total. The summed E-state index contributed by atoms with van der Waals surface area (Å²) in [5, 5.41) is 9.70. The minimum atomic E-state index is -0.404. The summed E-state index contributed by atoms with van der Waals surface area (Å²) in [6.45, 7) is 2.18. The Hall–Kier alpha value is -0.630. The van der Waals surface area contributed by atoms with Crippen molar-refractivity contribution in [2.75, 3.05) is 0 Å². The van der Waals surface area contributed by atoms with Crippen LogP contribution in [-0.4, -0.2) is 17.0 Å². The van der Waals surface area contributed by atoms with Gasteiger partial charge in [0.2, 0.25) is 0 Å². The highest BCUT2D eigenvalue weighted by Gasteiger charge is 2.17. The van der Waals surface area contributed by atoms with E-state index in [0.29, 0.717) is 6.42 Å². The van der Waals surface area contributed by atoms with Crippen molar-refractivity contribution in [1.29, 1.82) is 0 Å². The number of carbonyl (C=O) groups is 1. The quantitative estimate of drug-likeness (QED) is 0.540. The number of allylic oxidation sites excluding steroid dienone is 1. The molecule has 0 saturated heterocycles. The maximum Gasteiger partial charge on any atom is 0.158 e. The average molecular weight is 210 g/mol. The molecule has 0 spiro atoms. The number of rotatable bonds is 6. The lowest BCUT2D eigenvalue weighted by molar-refractivity contribution is -0.114. The first-order valence-electron chi connectivity index (χ1n) is 6.16. The van der Waals surface area contributed by atoms with Gasteiger partial charge in [0.1, 0.15) is 0 Å². The second kappa shape index (κ2) is 6.78. The summed E-state index contributed by atoms with van der Waals surface area (Å²) >= 11 is 0. The largest absolute Gasteiger partial charge is 0.389 e. The average Bonchev–Trinajstić information content (AvgIpc) is 2.59. The van der Waals surface area contributed by atoms with E-state index in [1.165, 1.54) is 19.3 Å². The van der Waals surface area contributed by atoms with E-state index < -0.39 is 6.10 Å². The SMILES string of the molecule is CCCCCC[C@H](O)/C=C1/CCCC1=O. The lowest BCUT2D eigenvalue weighted by atomic mass is 10.1. The van der Waals surface area contributed by atoms with Crippen molar-refractivity contribution in [2.45, 2.75) is 64.4 Å². The van der Waals surface area contributed by atoms with Crippen LogP contribution in [0.5, 0.6) is 0 Å². The second-order valence-electron chi connectivity index (χ2n) is 4.39. The van der Waals surface area contributed by atoms with Crippen molar-refractivity contribution in [1.82, 2.24) is 0 Å². The number of aliphatic hydroxyl groups is 1. The van der Waals surface area contributed by atoms with Crippen LogP contribution in [0.2, 0.25) is 0 Å². The Morgan fingerprint density at radius 1 is 1.33 bits per heavy atom. The van der Waals surface area contributed by atoms with Gasteiger partial charge in [-0.2, -0.15) is 0 Å². The van der Waals surface area contributed by atoms with Gasteiger partial charge < -0.3 is 5.11 Å². The zero-order valence-corrected chi connectivity index (χ0v) is 9.67. The second-order valence-corrected chi connectivity index (χ2v) is 4.39. The smallest absolute Gasteiger partial charge is 0.158 e. The van der Waals surface area contributed by atoms with E-state index in [-0.39, 0.29) is 5.78 Å². The molecule has 1 saturated carbocycles. The molecule has 0 amide bonds. The van der Waals surface area contributed by atoms with Gasteiger partial charge in [0.05, 0.1) is 6.10 Å². The Kier molecular flexibility index (Phi) is 5.62. The fraction of sp³-hybridized carbons (Fsp3) is 0.769. The van der Waals surface area contributed by atoms with Gasteiger partial charge >= 0.3 is 0 Å². The van der Waals surface area contributed by atoms with E-state index in [2.05, 4.69) is 6.92 Å². The molecule has 1 fully saturated rings. The molecule has 0 bridgehead atoms. The van der Waals surface area contributed by atoms with Crippen LogP contribution < -0.4 is 0 Å². The van der Waals surface area contributed by atoms with Crippen LogP contribution in [0.15, 0.2) is 11.6 Å². The molecule has 0 radical (unpaired) electrons. The van der Waals surface area contributed by atoms with Crippen molar-refractivity contribution < 1.29 is 9.90 Å². The number of aliphatic hydroxyl groups excluding tert-OH is 1. The Labute approximate surface area is 92.4 Å². The third-order valence-electron chi connectivity index (χ3n) is 2.96. The van der Waals surface area contributed by atoms with E-state index in [9.17, 15) is 9.90 Å². The normalized spacial score (nSPS) is 21.2. The number of hydrogen-bond donors (Lipinski definition) is 1. The first-order chi connectivity index (χ1) is 7.24. The molecule has 1 rings (SSSR count). The predicted octanol–water partition coefficient (Wildman–Crippen LogP) is 3.00. The van der Waals surface area contributed by atoms with Crippen LogP contribution in [0.1, 0.15) is 58.3 Å². The lowest BCUT2D eigenvalue weighted by Crippen LogP contribution is -2.05. The highest BCUT2D eigenvalue weighted by Crippen LogP contribution is 2.21. The van der Waals surface area contributed by atoms with E-state index in [4.69, 9.17) is 0 Å². The highest BCUT2D eigenvalue weighted by atomic mass is 16.3. The fourth-order valence-electron chi connectivity index (χ4n) is 2.01. The van der Waals surface area contributed by atoms with Gasteiger partial charge in [0.25, 0.3) is 0 Å². The summed E-state index contributed by atoms with van der Waals surface area (Å²) in [6, 6.07) is 0. The van der Waals surface area contributed by atoms with Gasteiger partial charge in [0, 0.05) is 6.42 Å². The van der Waals surface area contributed by atoms with E-state index in [0.717, 1.165) is 31.3 Å². The van der Waals surface area contributed by atoms with Crippen LogP contribution >= 0.6 is 0 Å². The Balaban J connectivity index is 2.22. The van der Waals surface area contributed by atoms with E-state index >= 15 is 0 Å². The van der Waals surface area contributed by atoms with Crippen molar-refractivity contribution in [3.8, 4) is 0 Å². The summed E-state index contributed by atoms with van der Waals surface area (Å²) in [7, 11) is 0. The molecule has 2 heteroatoms. The molecule has 1 atom stereocenters. The molecule has 1 aliphatic rings. The van der Waals surface area contributed by atoms with Gasteiger partial charge in [-0.25, -0.2) is 0 Å². The predicted molar refractivity (Wildman–Crippen MR) is 61.7 cm³/mol. The summed E-state index contributed by atoms with van der Waals surface area (Å²) in [5.41, 5.74) is 0.859. The third kappa shape index (κ3) is 4.61. The number of unbranched alkanes of at least 4 members (excludes halogenated alkanes) is 3. The van der Waals surface area contributed by atoms with Crippen LogP contribution in [-0.2, 0) is 4.79 Å². The standard InChI is InChI=1S/C13H22O2/c1-2-3-4-5-8-12(14)10-11-7-6-9-13(11)15/h10,12,14H,2-9H2,1H3/b11-10-/t12-/m0/s1. The molecule has 0 aromatic heterocycles. The summed E-state index contributed by atoms with van der Waals surface area (Å²) in [6.07, 6.45) is 9.39. The van der Waals surface area contributed by atoms with E-state index in [1.54, 1.807) is 6.08 Å². The molecule has 86 valence electrons. The van der Waals surface area contributed by atoms with Gasteiger partial charge in [-0.3, -0.25) is 4.79 Å². The molecule has 0 aromatic carbocycles. The van der Waals surface area contributed by atoms with Crippen molar-refractivity contribution in [3.63, 3.8) is 0 Å². The monoisotopic (exact) mass is 210 g/mol. The van der Waals surface area contributed by atoms with Crippen molar-refractivity contribution in [2.24, 2.45) is 0 Å². The van der Waals surface area contributed by atoms with Crippen LogP contribution in [0, 0.1) is 0 Å². The molecular formula is C13H22O2. The zero-order valence-electron chi connectivity index (χ0n) is 9.67. The Bertz CT molecular complexity index is 231. The topological polar surface area (TPSA) is 37.3 Å². The number of ketones is 1. The number of carbonyl (C=O) groups excluding carboxylic acids is 1. The van der Waals surface area contributed by atoms with Gasteiger partial charge in [-0.1, -0.05) is 32.6 Å². The number of Topliss-reactive ketones (excluding diaryl/α,β-unsaturated/α-hetero) is 1. The number of hydrogen-bond acceptors (Lipinski definition) is 2. The van der Waals surface area contributed by atoms with Crippen LogP contribution in [0.25, 0.3) is 0 Å². The van der Waals surface area contributed by atoms with E-state index in [1.807, 2.05) is 0 Å². The molecular weight excluding hydrogens is 188 g/mol. The molecule has 1 N–H and O–H groups in total. The highest BCUT2D eigenvalue weighted by molar-refractivity contribution is 5.97. The third-order valence-corrected chi connectivity index (χ3v) is 2.96. The van der Waals surface area contributed by atoms with Crippen molar-refractivity contribution >= 4 is 5.78 Å². The first kappa shape index (κ1) is 12.4. The molecule has 0 aliphatic heterocycles.